The standard InChI is InChI=1S/C37H58N12O11/c1-18(2)14-24(32(55)47-25(17-29(40)52)33(56)48-26(36(59)60)15-20-8-10-21(50)11-9-20)46-30(53)19(3)44-31(54)23(6-4-12-43-37(41)42)45-34(57)27-7-5-13-49(27)35(58)22(38)16-28(39)51/h8-11,18-19,22-27,50H,4-7,12-17,38H2,1-3H3,(H2,39,51)(H2,40,52)(H,44,54)(H,45,57)(H,46,53)(H,47,55)(H,48,56)(H,59,60)(H4,41,42,43)/t19-,22-,23-,24-,25-,26-,27-/m0/s1. The van der Waals surface area contributed by atoms with Gasteiger partial charge in [-0.1, -0.05) is 26.0 Å². The molecule has 332 valence electrons. The zero-order chi connectivity index (χ0) is 45.3. The van der Waals surface area contributed by atoms with Crippen molar-refractivity contribution in [1.82, 2.24) is 31.5 Å². The van der Waals surface area contributed by atoms with Crippen LogP contribution in [0.5, 0.6) is 5.75 Å². The van der Waals surface area contributed by atoms with E-state index in [9.17, 15) is 53.4 Å². The third-order valence-electron chi connectivity index (χ3n) is 9.28. The number of carbonyl (C=O) groups excluding carboxylic acids is 8. The molecule has 0 spiro atoms. The van der Waals surface area contributed by atoms with Crippen LogP contribution in [-0.4, -0.2) is 130 Å². The monoisotopic (exact) mass is 846 g/mol. The lowest BCUT2D eigenvalue weighted by molar-refractivity contribution is -0.142. The Balaban J connectivity index is 2.21. The number of phenols is 1. The van der Waals surface area contributed by atoms with Gasteiger partial charge in [-0.3, -0.25) is 43.3 Å². The minimum absolute atomic E-state index is 0.0100. The molecule has 8 amide bonds. The number of nitrogens with one attached hydrogen (secondary N) is 5. The summed E-state index contributed by atoms with van der Waals surface area (Å²) in [7, 11) is 0. The van der Waals surface area contributed by atoms with Gasteiger partial charge in [0.2, 0.25) is 47.3 Å². The molecular formula is C37H58N12O11. The molecule has 0 aromatic heterocycles. The van der Waals surface area contributed by atoms with Crippen molar-refractivity contribution < 1.29 is 53.4 Å². The second-order valence-corrected chi connectivity index (χ2v) is 14.9. The number of guanidine groups is 1. The second-order valence-electron chi connectivity index (χ2n) is 14.9. The molecule has 1 aliphatic heterocycles. The molecule has 1 aromatic carbocycles. The Kier molecular flexibility index (Phi) is 19.7. The minimum atomic E-state index is -1.64. The van der Waals surface area contributed by atoms with Crippen molar-refractivity contribution in [2.24, 2.45) is 39.6 Å². The van der Waals surface area contributed by atoms with Crippen LogP contribution in [-0.2, 0) is 49.6 Å². The summed E-state index contributed by atoms with van der Waals surface area (Å²) in [4.78, 5) is 121. The number of carboxylic acid groups (broad SMARTS) is 1. The largest absolute Gasteiger partial charge is 0.508 e. The van der Waals surface area contributed by atoms with Gasteiger partial charge in [-0.05, 0) is 62.6 Å². The highest BCUT2D eigenvalue weighted by Gasteiger charge is 2.38. The van der Waals surface area contributed by atoms with E-state index in [2.05, 4.69) is 31.6 Å². The zero-order valence-electron chi connectivity index (χ0n) is 33.8. The van der Waals surface area contributed by atoms with Gasteiger partial charge in [0.15, 0.2) is 5.96 Å². The number of carbonyl (C=O) groups is 9. The van der Waals surface area contributed by atoms with Gasteiger partial charge >= 0.3 is 5.97 Å². The average Bonchev–Trinajstić information content (AvgIpc) is 3.65. The van der Waals surface area contributed by atoms with Gasteiger partial charge in [-0.15, -0.1) is 0 Å². The number of rotatable bonds is 24. The van der Waals surface area contributed by atoms with E-state index in [1.165, 1.54) is 36.1 Å². The highest BCUT2D eigenvalue weighted by molar-refractivity contribution is 5.98. The molecule has 23 nitrogen and oxygen atoms in total. The Bertz CT molecular complexity index is 1750. The molecule has 0 unspecified atom stereocenters. The van der Waals surface area contributed by atoms with E-state index >= 15 is 0 Å². The van der Waals surface area contributed by atoms with Gasteiger partial charge in [-0.25, -0.2) is 4.79 Å². The number of carboxylic acids is 1. The van der Waals surface area contributed by atoms with E-state index in [0.29, 0.717) is 12.0 Å². The topological polar surface area (TPSA) is 400 Å². The zero-order valence-corrected chi connectivity index (χ0v) is 33.8. The van der Waals surface area contributed by atoms with Gasteiger partial charge in [0, 0.05) is 19.5 Å². The Morgan fingerprint density at radius 2 is 1.33 bits per heavy atom. The summed E-state index contributed by atoms with van der Waals surface area (Å²) in [5.41, 5.74) is 27.6. The molecular weight excluding hydrogens is 788 g/mol. The number of benzene rings is 1. The van der Waals surface area contributed by atoms with Crippen LogP contribution < -0.4 is 55.3 Å². The molecule has 0 saturated carbocycles. The molecule has 23 heteroatoms. The summed E-state index contributed by atoms with van der Waals surface area (Å²) >= 11 is 0. The lowest BCUT2D eigenvalue weighted by Gasteiger charge is -2.28. The van der Waals surface area contributed by atoms with Gasteiger partial charge in [0.1, 0.15) is 42.0 Å². The normalized spacial score (nSPS) is 16.5. The fourth-order valence-electron chi connectivity index (χ4n) is 6.26. The Morgan fingerprint density at radius 3 is 1.90 bits per heavy atom. The molecule has 0 bridgehead atoms. The van der Waals surface area contributed by atoms with Crippen molar-refractivity contribution in [2.75, 3.05) is 13.1 Å². The van der Waals surface area contributed by atoms with Gasteiger partial charge in [0.25, 0.3) is 0 Å². The smallest absolute Gasteiger partial charge is 0.326 e. The van der Waals surface area contributed by atoms with E-state index in [0.717, 1.165) is 0 Å². The maximum absolute atomic E-state index is 13.6. The van der Waals surface area contributed by atoms with Crippen molar-refractivity contribution >= 4 is 59.2 Å². The predicted molar refractivity (Wildman–Crippen MR) is 214 cm³/mol. The van der Waals surface area contributed by atoms with E-state index in [-0.39, 0.29) is 62.8 Å². The predicted octanol–water partition coefficient (Wildman–Crippen LogP) is -4.37. The first-order valence-electron chi connectivity index (χ1n) is 19.3. The molecule has 2 rings (SSSR count). The highest BCUT2D eigenvalue weighted by atomic mass is 16.4. The first kappa shape index (κ1) is 49.6. The summed E-state index contributed by atoms with van der Waals surface area (Å²) in [6, 6.07) is -3.76. The molecule has 7 atom stereocenters. The molecule has 17 N–H and O–H groups in total. The average molecular weight is 847 g/mol. The molecule has 0 aliphatic carbocycles. The van der Waals surface area contributed by atoms with Gasteiger partial charge < -0.3 is 70.4 Å². The van der Waals surface area contributed by atoms with Crippen LogP contribution in [0.1, 0.15) is 71.3 Å². The number of primary amides is 2. The van der Waals surface area contributed by atoms with Crippen LogP contribution in [0.2, 0.25) is 0 Å². The Labute approximate surface area is 346 Å². The first-order valence-corrected chi connectivity index (χ1v) is 19.3. The van der Waals surface area contributed by atoms with E-state index in [1.54, 1.807) is 13.8 Å². The molecule has 1 heterocycles. The maximum Gasteiger partial charge on any atom is 0.326 e. The lowest BCUT2D eigenvalue weighted by atomic mass is 10.0. The van der Waals surface area contributed by atoms with E-state index < -0.39 is 108 Å². The van der Waals surface area contributed by atoms with Crippen LogP contribution in [0.4, 0.5) is 0 Å². The molecule has 1 aliphatic rings. The Hall–Kier alpha value is -6.52. The number of aliphatic imine (C=N–C) groups is 1. The lowest BCUT2D eigenvalue weighted by Crippen LogP contribution is -2.59. The van der Waals surface area contributed by atoms with Crippen LogP contribution in [0.15, 0.2) is 29.3 Å². The number of phenolic OH excluding ortho intramolecular Hbond substituents is 1. The summed E-state index contributed by atoms with van der Waals surface area (Å²) in [6.45, 7) is 5.06. The quantitative estimate of drug-likeness (QED) is 0.0266. The number of hydrogen-bond acceptors (Lipinski definition) is 12. The van der Waals surface area contributed by atoms with Gasteiger partial charge in [0.05, 0.1) is 18.9 Å². The molecule has 1 aromatic rings. The number of hydrogen-bond donors (Lipinski definition) is 12. The summed E-state index contributed by atoms with van der Waals surface area (Å²) in [6.07, 6.45) is -0.471. The number of nitrogens with zero attached hydrogens (tertiary/aromatic N) is 2. The minimum Gasteiger partial charge on any atom is -0.508 e. The van der Waals surface area contributed by atoms with Crippen LogP contribution >= 0.6 is 0 Å². The van der Waals surface area contributed by atoms with Crippen molar-refractivity contribution in [3.63, 3.8) is 0 Å². The summed E-state index contributed by atoms with van der Waals surface area (Å²) in [5.74, 6) is -8.66. The fourth-order valence-corrected chi connectivity index (χ4v) is 6.26. The number of amides is 8. The number of likely N-dealkylation sites (tertiary alicyclic amines) is 1. The third-order valence-corrected chi connectivity index (χ3v) is 9.28. The fraction of sp³-hybridized carbons (Fsp3) is 0.568. The maximum atomic E-state index is 13.6. The second kappa shape index (κ2) is 23.8. The number of aliphatic carboxylic acids is 1. The number of aromatic hydroxyl groups is 1. The molecule has 0 radical (unpaired) electrons. The van der Waals surface area contributed by atoms with E-state index in [1.807, 2.05) is 0 Å². The SMILES string of the molecule is CC(C)C[C@H](NC(=O)[C@H](C)NC(=O)[C@H](CCCN=C(N)N)NC(=O)[C@@H]1CCCN1C(=O)[C@@H](N)CC(N)=O)C(=O)N[C@@H](CC(N)=O)C(=O)N[C@@H](Cc1ccc(O)cc1)C(=O)O. The highest BCUT2D eigenvalue weighted by Crippen LogP contribution is 2.20. The van der Waals surface area contributed by atoms with Crippen LogP contribution in [0.3, 0.4) is 0 Å². The van der Waals surface area contributed by atoms with Crippen molar-refractivity contribution in [2.45, 2.75) is 114 Å². The van der Waals surface area contributed by atoms with Crippen molar-refractivity contribution in [3.05, 3.63) is 29.8 Å². The summed E-state index contributed by atoms with van der Waals surface area (Å²) < 4.78 is 0. The molecule has 1 fully saturated rings. The van der Waals surface area contributed by atoms with E-state index in [4.69, 9.17) is 28.7 Å². The van der Waals surface area contributed by atoms with Crippen molar-refractivity contribution in [3.8, 4) is 5.75 Å². The first-order chi connectivity index (χ1) is 28.1. The van der Waals surface area contributed by atoms with Crippen LogP contribution in [0, 0.1) is 5.92 Å². The van der Waals surface area contributed by atoms with Crippen LogP contribution in [0.25, 0.3) is 0 Å². The van der Waals surface area contributed by atoms with Gasteiger partial charge in [-0.2, -0.15) is 0 Å². The molecule has 1 saturated heterocycles. The number of nitrogens with two attached hydrogens (primary N) is 5. The molecule has 60 heavy (non-hydrogen) atoms. The van der Waals surface area contributed by atoms with Crippen molar-refractivity contribution in [1.29, 1.82) is 0 Å². The third kappa shape index (κ3) is 16.8. The Morgan fingerprint density at radius 1 is 0.767 bits per heavy atom. The summed E-state index contributed by atoms with van der Waals surface area (Å²) in [5, 5.41) is 31.6.